The second-order valence-corrected chi connectivity index (χ2v) is 26.9. The van der Waals surface area contributed by atoms with Crippen molar-refractivity contribution in [1.29, 1.82) is 0 Å². The third-order valence-corrected chi connectivity index (χ3v) is 17.5. The molecule has 0 radical (unpaired) electrons. The lowest BCUT2D eigenvalue weighted by Crippen LogP contribution is -2.29. The van der Waals surface area contributed by atoms with Gasteiger partial charge in [0.1, 0.15) is 6.61 Å². The third kappa shape index (κ3) is 77.0. The minimum absolute atomic E-state index is 0.0436. The first-order chi connectivity index (χ1) is 45.8. The van der Waals surface area contributed by atoms with Gasteiger partial charge in [0.15, 0.2) is 6.10 Å². The smallest absolute Gasteiger partial charge is 0.462 e. The van der Waals surface area contributed by atoms with E-state index in [-0.39, 0.29) is 38.6 Å². The third-order valence-electron chi connectivity index (χ3n) is 16.5. The van der Waals surface area contributed by atoms with Crippen LogP contribution < -0.4 is 5.73 Å². The van der Waals surface area contributed by atoms with Crippen molar-refractivity contribution in [1.82, 2.24) is 0 Å². The van der Waals surface area contributed by atoms with Crippen LogP contribution >= 0.6 is 7.82 Å². The Hall–Kier alpha value is -3.85. The number of hydrogen-bond donors (Lipinski definition) is 2. The topological polar surface area (TPSA) is 134 Å². The Balaban J connectivity index is 3.90. The van der Waals surface area contributed by atoms with Crippen molar-refractivity contribution in [2.24, 2.45) is 5.73 Å². The standard InChI is InChI=1S/C83H144NO8P/c1-3-5-7-9-11-13-15-17-19-21-23-25-27-29-31-33-35-37-39-40-42-43-45-47-49-51-53-55-57-59-61-63-65-67-69-71-73-75-82(85)89-79-81(80-91-93(87,88)90-78-77-84)92-83(86)76-74-72-70-68-66-64-62-60-58-56-54-52-50-48-46-44-41-38-36-34-32-30-28-26-24-22-20-18-16-14-12-10-8-6-4-2/h6,8,12,14,18,20-21,23-24,26,30,32,36,38,44,46,50,52,56,58,62,64,81H,3-5,7,9-11,13,15-17,19,22,25,27-29,31,33-35,37,39-43,45,47-49,51,53-55,57,59-61,63,65-80,84H2,1-2H3,(H,87,88)/b8-6-,14-12-,20-18-,23-21-,26-24-,32-30-,38-36-,46-44-,52-50-,58-56-,64-62-. The van der Waals surface area contributed by atoms with Gasteiger partial charge in [0.25, 0.3) is 0 Å². The Labute approximate surface area is 574 Å². The van der Waals surface area contributed by atoms with E-state index >= 15 is 0 Å². The summed E-state index contributed by atoms with van der Waals surface area (Å²) in [6, 6.07) is 0. The lowest BCUT2D eigenvalue weighted by Gasteiger charge is -2.19. The van der Waals surface area contributed by atoms with Gasteiger partial charge < -0.3 is 20.1 Å². The molecule has 0 bridgehead atoms. The highest BCUT2D eigenvalue weighted by Gasteiger charge is 2.26. The van der Waals surface area contributed by atoms with Gasteiger partial charge >= 0.3 is 19.8 Å². The summed E-state index contributed by atoms with van der Waals surface area (Å²) in [5, 5.41) is 0. The molecule has 0 saturated heterocycles. The molecular formula is C83H144NO8P. The zero-order valence-electron chi connectivity index (χ0n) is 60.2. The zero-order valence-corrected chi connectivity index (χ0v) is 61.1. The van der Waals surface area contributed by atoms with Crippen LogP contribution in [0.25, 0.3) is 0 Å². The maximum absolute atomic E-state index is 12.8. The van der Waals surface area contributed by atoms with E-state index in [2.05, 4.69) is 148 Å². The molecule has 0 spiro atoms. The number of rotatable bonds is 72. The zero-order chi connectivity index (χ0) is 67.2. The number of allylic oxidation sites excluding steroid dienone is 22. The van der Waals surface area contributed by atoms with Gasteiger partial charge in [-0.1, -0.05) is 353 Å². The maximum Gasteiger partial charge on any atom is 0.472 e. The van der Waals surface area contributed by atoms with Gasteiger partial charge in [0, 0.05) is 19.4 Å². The molecule has 0 fully saturated rings. The van der Waals surface area contributed by atoms with E-state index < -0.39 is 26.5 Å². The number of ether oxygens (including phenoxy) is 2. The fourth-order valence-corrected chi connectivity index (χ4v) is 11.6. The van der Waals surface area contributed by atoms with Crippen molar-refractivity contribution in [3.63, 3.8) is 0 Å². The molecule has 0 aliphatic carbocycles. The number of esters is 2. The normalized spacial score (nSPS) is 13.6. The molecule has 534 valence electrons. The van der Waals surface area contributed by atoms with Crippen molar-refractivity contribution < 1.29 is 37.6 Å². The van der Waals surface area contributed by atoms with Crippen LogP contribution in [-0.2, 0) is 32.7 Å². The predicted molar refractivity (Wildman–Crippen MR) is 404 cm³/mol. The van der Waals surface area contributed by atoms with Crippen LogP contribution in [0.4, 0.5) is 0 Å². The van der Waals surface area contributed by atoms with Crippen molar-refractivity contribution in [2.75, 3.05) is 26.4 Å². The van der Waals surface area contributed by atoms with Crippen molar-refractivity contribution >= 4 is 19.8 Å². The van der Waals surface area contributed by atoms with E-state index in [4.69, 9.17) is 24.3 Å². The summed E-state index contributed by atoms with van der Waals surface area (Å²) in [5.41, 5.74) is 5.41. The van der Waals surface area contributed by atoms with Gasteiger partial charge in [-0.3, -0.25) is 18.6 Å². The molecule has 0 aromatic rings. The Morgan fingerprint density at radius 3 is 0.892 bits per heavy atom. The summed E-state index contributed by atoms with van der Waals surface area (Å²) in [6.07, 6.45) is 110. The molecule has 0 aliphatic heterocycles. The molecule has 0 heterocycles. The highest BCUT2D eigenvalue weighted by molar-refractivity contribution is 7.47. The molecule has 9 nitrogen and oxygen atoms in total. The summed E-state index contributed by atoms with van der Waals surface area (Å²) in [6.45, 7) is 3.63. The van der Waals surface area contributed by atoms with Gasteiger partial charge in [0.2, 0.25) is 0 Å². The average Bonchev–Trinajstić information content (AvgIpc) is 3.70. The van der Waals surface area contributed by atoms with Crippen molar-refractivity contribution in [3.8, 4) is 0 Å². The first-order valence-corrected chi connectivity index (χ1v) is 40.2. The molecule has 0 rings (SSSR count). The summed E-state index contributed by atoms with van der Waals surface area (Å²) in [4.78, 5) is 35.4. The van der Waals surface area contributed by atoms with Crippen molar-refractivity contribution in [3.05, 3.63) is 134 Å². The monoisotopic (exact) mass is 1310 g/mol. The molecule has 0 aromatic carbocycles. The molecule has 10 heteroatoms. The maximum atomic E-state index is 12.8. The lowest BCUT2D eigenvalue weighted by atomic mass is 10.0. The van der Waals surface area contributed by atoms with Crippen LogP contribution in [0.2, 0.25) is 0 Å². The number of nitrogens with two attached hydrogens (primary N) is 1. The van der Waals surface area contributed by atoms with Crippen molar-refractivity contribution in [2.45, 2.75) is 354 Å². The predicted octanol–water partition coefficient (Wildman–Crippen LogP) is 26.0. The van der Waals surface area contributed by atoms with E-state index in [9.17, 15) is 19.0 Å². The van der Waals surface area contributed by atoms with E-state index in [0.29, 0.717) is 6.42 Å². The van der Waals surface area contributed by atoms with Crippen LogP contribution in [0.15, 0.2) is 134 Å². The summed E-state index contributed by atoms with van der Waals surface area (Å²) >= 11 is 0. The van der Waals surface area contributed by atoms with Crippen LogP contribution in [0.1, 0.15) is 348 Å². The minimum atomic E-state index is -4.41. The lowest BCUT2D eigenvalue weighted by molar-refractivity contribution is -0.161. The second-order valence-electron chi connectivity index (χ2n) is 25.5. The molecule has 0 aromatic heterocycles. The van der Waals surface area contributed by atoms with E-state index in [1.807, 2.05) is 0 Å². The molecule has 3 N–H and O–H groups in total. The SMILES string of the molecule is CC/C=C\C/C=C\C/C=C\C/C=C\C/C=C\C/C=C\C/C=C\C/C=C\C/C=C\C/C=C\CCCCCCC(=O)OC(COC(=O)CCCCCCCCCCCCCCCCCCCCCCCCCCC/C=C\CCCCCCCCCC)COP(=O)(O)OCCN. The molecule has 0 aliphatic rings. The number of hydrogen-bond acceptors (Lipinski definition) is 8. The summed E-state index contributed by atoms with van der Waals surface area (Å²) in [7, 11) is -4.41. The van der Waals surface area contributed by atoms with E-state index in [0.717, 1.165) is 109 Å². The fourth-order valence-electron chi connectivity index (χ4n) is 10.8. The Morgan fingerprint density at radius 1 is 0.333 bits per heavy atom. The number of carbonyl (C=O) groups excluding carboxylic acids is 2. The fraction of sp³-hybridized carbons (Fsp3) is 0.711. The quantitative estimate of drug-likeness (QED) is 0.0264. The van der Waals surface area contributed by atoms with Gasteiger partial charge in [-0.05, 0) is 116 Å². The molecular weight excluding hydrogens is 1170 g/mol. The Morgan fingerprint density at radius 2 is 0.591 bits per heavy atom. The van der Waals surface area contributed by atoms with Crippen LogP contribution in [0, 0.1) is 0 Å². The van der Waals surface area contributed by atoms with Gasteiger partial charge in [-0.25, -0.2) is 4.57 Å². The largest absolute Gasteiger partial charge is 0.472 e. The molecule has 2 atom stereocenters. The molecule has 2 unspecified atom stereocenters. The average molecular weight is 1320 g/mol. The van der Waals surface area contributed by atoms with Gasteiger partial charge in [-0.2, -0.15) is 0 Å². The van der Waals surface area contributed by atoms with E-state index in [1.165, 1.54) is 205 Å². The second kappa shape index (κ2) is 77.2. The van der Waals surface area contributed by atoms with Crippen LogP contribution in [0.5, 0.6) is 0 Å². The van der Waals surface area contributed by atoms with Crippen LogP contribution in [0.3, 0.4) is 0 Å². The Bertz CT molecular complexity index is 1990. The number of carbonyl (C=O) groups is 2. The van der Waals surface area contributed by atoms with Gasteiger partial charge in [-0.15, -0.1) is 0 Å². The summed E-state index contributed by atoms with van der Waals surface area (Å²) < 4.78 is 33.2. The number of phosphoric ester groups is 1. The minimum Gasteiger partial charge on any atom is -0.462 e. The summed E-state index contributed by atoms with van der Waals surface area (Å²) in [5.74, 6) is -0.853. The first-order valence-electron chi connectivity index (χ1n) is 38.7. The molecule has 93 heavy (non-hydrogen) atoms. The Kier molecular flexibility index (Phi) is 74.0. The highest BCUT2D eigenvalue weighted by Crippen LogP contribution is 2.43. The molecule has 0 saturated carbocycles. The van der Waals surface area contributed by atoms with Crippen LogP contribution in [-0.4, -0.2) is 49.3 Å². The number of phosphoric acid groups is 1. The highest BCUT2D eigenvalue weighted by atomic mass is 31.2. The molecule has 0 amide bonds. The van der Waals surface area contributed by atoms with E-state index in [1.54, 1.807) is 0 Å². The van der Waals surface area contributed by atoms with Gasteiger partial charge in [0.05, 0.1) is 13.2 Å². The number of unbranched alkanes of at least 4 members (excludes halogenated alkanes) is 37. The first kappa shape index (κ1) is 89.2.